The molecule has 0 amide bonds. The molecule has 7 heavy (non-hydrogen) atoms. The Kier molecular flexibility index (Phi) is 0.783. The largest absolute Gasteiger partial charge is 0.480 e. The Balaban J connectivity index is 3.04. The summed E-state index contributed by atoms with van der Waals surface area (Å²) in [6.07, 6.45) is 1.56. The van der Waals surface area contributed by atoms with Gasteiger partial charge in [0, 0.05) is 6.20 Å². The normalized spacial score (nSPS) is 9.14. The van der Waals surface area contributed by atoms with E-state index in [2.05, 4.69) is 9.97 Å². The predicted octanol–water partition coefficient (Wildman–Crippen LogP) is -1.63. The molecule has 1 aromatic rings. The van der Waals surface area contributed by atoms with Gasteiger partial charge in [0.15, 0.2) is 7.85 Å². The zero-order valence-electron chi connectivity index (χ0n) is 3.97. The molecule has 36 valence electrons. The lowest BCUT2D eigenvalue weighted by Crippen LogP contribution is -1.99. The Morgan fingerprint density at radius 3 is 2.71 bits per heavy atom. The first-order valence-electron chi connectivity index (χ1n) is 1.99. The topological polar surface area (TPSA) is 48.9 Å². The van der Waals surface area contributed by atoms with Crippen molar-refractivity contribution < 1.29 is 5.11 Å². The highest BCUT2D eigenvalue weighted by Gasteiger charge is 1.86. The first kappa shape index (κ1) is 4.24. The van der Waals surface area contributed by atoms with Crippen LogP contribution in [0.25, 0.3) is 0 Å². The van der Waals surface area contributed by atoms with Gasteiger partial charge in [-0.25, -0.2) is 4.98 Å². The quantitative estimate of drug-likeness (QED) is 0.381. The molecular formula is C3H5BN2O. The van der Waals surface area contributed by atoms with E-state index in [1.54, 1.807) is 6.20 Å². The summed E-state index contributed by atoms with van der Waals surface area (Å²) in [4.78, 5) is 6.10. The molecule has 0 fully saturated rings. The molecule has 0 aliphatic rings. The van der Waals surface area contributed by atoms with Crippen LogP contribution in [0.3, 0.4) is 0 Å². The molecule has 0 unspecified atom stereocenters. The number of hydrogen-bond donors (Lipinski definition) is 2. The van der Waals surface area contributed by atoms with E-state index in [4.69, 9.17) is 5.11 Å². The second-order valence-electron chi connectivity index (χ2n) is 1.39. The van der Waals surface area contributed by atoms with E-state index in [9.17, 15) is 0 Å². The summed E-state index contributed by atoms with van der Waals surface area (Å²) >= 11 is 0. The third-order valence-electron chi connectivity index (χ3n) is 0.689. The van der Waals surface area contributed by atoms with Crippen LogP contribution in [0.15, 0.2) is 6.20 Å². The van der Waals surface area contributed by atoms with Crippen LogP contribution in [0.1, 0.15) is 0 Å². The highest BCUT2D eigenvalue weighted by molar-refractivity contribution is 6.30. The van der Waals surface area contributed by atoms with Gasteiger partial charge in [-0.1, -0.05) is 0 Å². The lowest BCUT2D eigenvalue weighted by Gasteiger charge is -1.74. The van der Waals surface area contributed by atoms with Crippen molar-refractivity contribution in [1.29, 1.82) is 0 Å². The number of H-pyrrole nitrogens is 1. The van der Waals surface area contributed by atoms with Gasteiger partial charge < -0.3 is 10.1 Å². The van der Waals surface area contributed by atoms with Crippen molar-refractivity contribution in [2.24, 2.45) is 0 Å². The number of hydrogen-bond acceptors (Lipinski definition) is 2. The molecule has 0 aliphatic heterocycles. The molecule has 0 spiro atoms. The molecule has 0 aliphatic carbocycles. The van der Waals surface area contributed by atoms with Gasteiger partial charge in [0.1, 0.15) is 0 Å². The van der Waals surface area contributed by atoms with E-state index >= 15 is 0 Å². The summed E-state index contributed by atoms with van der Waals surface area (Å²) in [6.45, 7) is 0. The molecule has 0 atom stereocenters. The second-order valence-corrected chi connectivity index (χ2v) is 1.39. The fourth-order valence-corrected chi connectivity index (χ4v) is 0.399. The summed E-state index contributed by atoms with van der Waals surface area (Å²) in [7, 11) is 1.83. The van der Waals surface area contributed by atoms with E-state index in [1.807, 2.05) is 7.85 Å². The van der Waals surface area contributed by atoms with Gasteiger partial charge in [-0.3, -0.25) is 0 Å². The molecular weight excluding hydrogens is 90.9 g/mol. The molecule has 1 aromatic heterocycles. The van der Waals surface area contributed by atoms with Crippen LogP contribution in [-0.2, 0) is 0 Å². The van der Waals surface area contributed by atoms with Gasteiger partial charge in [-0.05, 0) is 5.59 Å². The fourth-order valence-electron chi connectivity index (χ4n) is 0.399. The van der Waals surface area contributed by atoms with Crippen molar-refractivity contribution in [2.75, 3.05) is 0 Å². The first-order valence-corrected chi connectivity index (χ1v) is 1.99. The fraction of sp³-hybridized carbons (Fsp3) is 0. The third-order valence-corrected chi connectivity index (χ3v) is 0.689. The smallest absolute Gasteiger partial charge is 0.290 e. The van der Waals surface area contributed by atoms with E-state index < -0.39 is 0 Å². The highest BCUT2D eigenvalue weighted by Crippen LogP contribution is 1.87. The number of aromatic nitrogens is 2. The molecule has 0 bridgehead atoms. The molecule has 0 saturated heterocycles. The minimum absolute atomic E-state index is 0.0162. The number of rotatable bonds is 0. The van der Waals surface area contributed by atoms with E-state index in [0.717, 1.165) is 5.59 Å². The van der Waals surface area contributed by atoms with Crippen LogP contribution in [0, 0.1) is 0 Å². The minimum Gasteiger partial charge on any atom is -0.480 e. The molecule has 4 heteroatoms. The van der Waals surface area contributed by atoms with Crippen LogP contribution >= 0.6 is 0 Å². The lowest BCUT2D eigenvalue weighted by atomic mass is 10.1. The molecule has 2 N–H and O–H groups in total. The third kappa shape index (κ3) is 0.736. The average Bonchev–Trinajstić information content (AvgIpc) is 1.87. The molecule has 3 nitrogen and oxygen atoms in total. The van der Waals surface area contributed by atoms with E-state index in [-0.39, 0.29) is 6.01 Å². The van der Waals surface area contributed by atoms with Crippen molar-refractivity contribution in [3.8, 4) is 6.01 Å². The summed E-state index contributed by atoms with van der Waals surface area (Å²) in [5, 5.41) is 8.49. The molecule has 1 rings (SSSR count). The standard InChI is InChI=1S/C3H5BN2O/c4-2-1-5-3(7)6-2/h1H,4H2,(H2,5,6,7). The van der Waals surface area contributed by atoms with Crippen LogP contribution < -0.4 is 5.59 Å². The van der Waals surface area contributed by atoms with Crippen LogP contribution in [0.4, 0.5) is 0 Å². The van der Waals surface area contributed by atoms with Crippen LogP contribution in [0.5, 0.6) is 6.01 Å². The van der Waals surface area contributed by atoms with Crippen LogP contribution in [0.2, 0.25) is 0 Å². The van der Waals surface area contributed by atoms with Crippen molar-refractivity contribution >= 4 is 13.4 Å². The predicted molar refractivity (Wildman–Crippen MR) is 28.4 cm³/mol. The minimum atomic E-state index is -0.0162. The number of aromatic amines is 1. The maximum atomic E-state index is 8.49. The van der Waals surface area contributed by atoms with Crippen molar-refractivity contribution in [1.82, 2.24) is 9.97 Å². The van der Waals surface area contributed by atoms with Gasteiger partial charge >= 0.3 is 0 Å². The highest BCUT2D eigenvalue weighted by atomic mass is 16.3. The van der Waals surface area contributed by atoms with E-state index in [0.29, 0.717) is 0 Å². The molecule has 0 radical (unpaired) electrons. The van der Waals surface area contributed by atoms with Gasteiger partial charge in [0.25, 0.3) is 6.01 Å². The summed E-state index contributed by atoms with van der Waals surface area (Å²) in [6, 6.07) is -0.0162. The van der Waals surface area contributed by atoms with Crippen LogP contribution in [-0.4, -0.2) is 22.9 Å². The second kappa shape index (κ2) is 1.29. The monoisotopic (exact) mass is 96.0 g/mol. The summed E-state index contributed by atoms with van der Waals surface area (Å²) < 4.78 is 0. The number of imidazole rings is 1. The summed E-state index contributed by atoms with van der Waals surface area (Å²) in [5.41, 5.74) is 0.873. The zero-order chi connectivity index (χ0) is 5.28. The molecule has 1 heterocycles. The first-order chi connectivity index (χ1) is 3.29. The maximum Gasteiger partial charge on any atom is 0.290 e. The average molecular weight is 95.9 g/mol. The maximum absolute atomic E-state index is 8.49. The number of nitrogens with one attached hydrogen (secondary N) is 1. The van der Waals surface area contributed by atoms with E-state index in [1.165, 1.54) is 0 Å². The zero-order valence-corrected chi connectivity index (χ0v) is 3.97. The SMILES string of the molecule is Bc1cnc(O)[nH]1. The van der Waals surface area contributed by atoms with Crippen molar-refractivity contribution in [3.05, 3.63) is 6.20 Å². The Morgan fingerprint density at radius 1 is 1.86 bits per heavy atom. The Labute approximate surface area is 41.8 Å². The molecule has 0 aromatic carbocycles. The van der Waals surface area contributed by atoms with Gasteiger partial charge in [-0.2, -0.15) is 0 Å². The Morgan fingerprint density at radius 2 is 2.57 bits per heavy atom. The van der Waals surface area contributed by atoms with Gasteiger partial charge in [-0.15, -0.1) is 0 Å². The van der Waals surface area contributed by atoms with Gasteiger partial charge in [0.05, 0.1) is 0 Å². The lowest BCUT2D eigenvalue weighted by molar-refractivity contribution is 0.437. The number of aromatic hydroxyl groups is 1. The van der Waals surface area contributed by atoms with Crippen molar-refractivity contribution in [3.63, 3.8) is 0 Å². The van der Waals surface area contributed by atoms with Gasteiger partial charge in [0.2, 0.25) is 0 Å². The Bertz CT molecular complexity index is 145. The molecule has 0 saturated carbocycles. The van der Waals surface area contributed by atoms with Crippen molar-refractivity contribution in [2.45, 2.75) is 0 Å². The Hall–Kier alpha value is -0.925. The summed E-state index contributed by atoms with van der Waals surface area (Å²) in [5.74, 6) is 0. The number of nitrogens with zero attached hydrogens (tertiary/aromatic N) is 1.